The molecule has 1 aliphatic heterocycles. The van der Waals surface area contributed by atoms with Crippen LogP contribution in [0.2, 0.25) is 0 Å². The topological polar surface area (TPSA) is 130 Å². The van der Waals surface area contributed by atoms with Crippen LogP contribution in [0, 0.1) is 0 Å². The number of hydrogen-bond donors (Lipinski definition) is 3. The highest BCUT2D eigenvalue weighted by Gasteiger charge is 2.33. The summed E-state index contributed by atoms with van der Waals surface area (Å²) in [7, 11) is -3.80. The predicted molar refractivity (Wildman–Crippen MR) is 74.3 cm³/mol. The van der Waals surface area contributed by atoms with Gasteiger partial charge in [0.25, 0.3) is 0 Å². The van der Waals surface area contributed by atoms with Gasteiger partial charge in [-0.1, -0.05) is 6.58 Å². The minimum Gasteiger partial charge on any atom is -0.478 e. The van der Waals surface area contributed by atoms with Crippen LogP contribution in [-0.2, 0) is 14.8 Å². The highest BCUT2D eigenvalue weighted by molar-refractivity contribution is 7.89. The van der Waals surface area contributed by atoms with E-state index in [1.165, 1.54) is 29.2 Å². The molecular weight excluding hydrogens is 298 g/mol. The molecule has 112 valence electrons. The Morgan fingerprint density at radius 1 is 1.38 bits per heavy atom. The summed E-state index contributed by atoms with van der Waals surface area (Å²) >= 11 is 0. The van der Waals surface area contributed by atoms with Gasteiger partial charge in [0, 0.05) is 5.69 Å². The van der Waals surface area contributed by atoms with Crippen LogP contribution in [0.3, 0.4) is 0 Å². The fourth-order valence-electron chi connectivity index (χ4n) is 1.92. The second-order valence-electron chi connectivity index (χ2n) is 4.48. The van der Waals surface area contributed by atoms with Crippen LogP contribution in [0.4, 0.5) is 10.5 Å². The number of carboxylic acids is 1. The first kappa shape index (κ1) is 15.0. The molecule has 2 rings (SSSR count). The number of carboxylic acid groups (broad SMARTS) is 1. The number of urea groups is 1. The van der Waals surface area contributed by atoms with Gasteiger partial charge in [-0.15, -0.1) is 0 Å². The third-order valence-electron chi connectivity index (χ3n) is 3.08. The summed E-state index contributed by atoms with van der Waals surface area (Å²) in [5, 5.41) is 16.3. The van der Waals surface area contributed by atoms with Crippen molar-refractivity contribution in [2.24, 2.45) is 5.14 Å². The molecule has 1 atom stereocenters. The SMILES string of the molecule is C=C(C(=O)O)C1CN(c2ccc(S(N)(=O)=O)cc2)C(=O)N1. The Balaban J connectivity index is 2.21. The van der Waals surface area contributed by atoms with E-state index >= 15 is 0 Å². The van der Waals surface area contributed by atoms with Crippen molar-refractivity contribution in [3.63, 3.8) is 0 Å². The summed E-state index contributed by atoms with van der Waals surface area (Å²) in [6.07, 6.45) is 0. The number of amides is 2. The number of nitrogens with two attached hydrogens (primary N) is 1. The molecule has 1 aliphatic rings. The maximum Gasteiger partial charge on any atom is 0.333 e. The molecule has 1 aromatic carbocycles. The molecule has 0 spiro atoms. The summed E-state index contributed by atoms with van der Waals surface area (Å²) in [6.45, 7) is 3.50. The van der Waals surface area contributed by atoms with Gasteiger partial charge in [-0.2, -0.15) is 0 Å². The normalized spacial score (nSPS) is 18.4. The molecule has 0 aliphatic carbocycles. The van der Waals surface area contributed by atoms with Crippen molar-refractivity contribution in [2.75, 3.05) is 11.4 Å². The van der Waals surface area contributed by atoms with E-state index in [-0.39, 0.29) is 17.0 Å². The average molecular weight is 311 g/mol. The molecule has 1 fully saturated rings. The number of sulfonamides is 1. The third kappa shape index (κ3) is 3.03. The number of carbonyl (C=O) groups is 2. The Hall–Kier alpha value is -2.39. The van der Waals surface area contributed by atoms with Gasteiger partial charge < -0.3 is 10.4 Å². The highest BCUT2D eigenvalue weighted by Crippen LogP contribution is 2.22. The molecule has 0 radical (unpaired) electrons. The zero-order chi connectivity index (χ0) is 15.8. The smallest absolute Gasteiger partial charge is 0.333 e. The predicted octanol–water partition coefficient (Wildman–Crippen LogP) is -0.127. The quantitative estimate of drug-likeness (QED) is 0.667. The van der Waals surface area contributed by atoms with Crippen LogP contribution < -0.4 is 15.4 Å². The lowest BCUT2D eigenvalue weighted by Crippen LogP contribution is -2.31. The van der Waals surface area contributed by atoms with E-state index in [1.54, 1.807) is 0 Å². The van der Waals surface area contributed by atoms with Crippen LogP contribution in [-0.4, -0.2) is 38.1 Å². The molecule has 0 aromatic heterocycles. The first-order valence-corrected chi connectivity index (χ1v) is 7.38. The molecule has 1 aromatic rings. The number of nitrogens with zero attached hydrogens (tertiary/aromatic N) is 1. The van der Waals surface area contributed by atoms with Crippen LogP contribution >= 0.6 is 0 Å². The van der Waals surface area contributed by atoms with Gasteiger partial charge in [0.1, 0.15) is 0 Å². The summed E-state index contributed by atoms with van der Waals surface area (Å²) in [5.41, 5.74) is 0.313. The van der Waals surface area contributed by atoms with Gasteiger partial charge in [-0.05, 0) is 24.3 Å². The molecule has 4 N–H and O–H groups in total. The van der Waals surface area contributed by atoms with E-state index in [2.05, 4.69) is 11.9 Å². The summed E-state index contributed by atoms with van der Waals surface area (Å²) in [5.74, 6) is -1.19. The second kappa shape index (κ2) is 5.19. The maximum atomic E-state index is 11.8. The zero-order valence-corrected chi connectivity index (χ0v) is 11.6. The highest BCUT2D eigenvalue weighted by atomic mass is 32.2. The van der Waals surface area contributed by atoms with Crippen LogP contribution in [0.5, 0.6) is 0 Å². The minimum atomic E-state index is -3.80. The zero-order valence-electron chi connectivity index (χ0n) is 10.8. The lowest BCUT2D eigenvalue weighted by Gasteiger charge is -2.15. The van der Waals surface area contributed by atoms with Crippen molar-refractivity contribution in [1.29, 1.82) is 0 Å². The van der Waals surface area contributed by atoms with Crippen LogP contribution in [0.1, 0.15) is 0 Å². The van der Waals surface area contributed by atoms with Gasteiger partial charge in [0.05, 0.1) is 23.1 Å². The Kier molecular flexibility index (Phi) is 3.71. The first-order chi connectivity index (χ1) is 9.70. The molecule has 2 amide bonds. The Labute approximate surface area is 120 Å². The number of anilines is 1. The summed E-state index contributed by atoms with van der Waals surface area (Å²) < 4.78 is 22.3. The van der Waals surface area contributed by atoms with E-state index in [1.807, 2.05) is 0 Å². The number of nitrogens with one attached hydrogen (secondary N) is 1. The number of primary sulfonamides is 1. The van der Waals surface area contributed by atoms with Crippen LogP contribution in [0.15, 0.2) is 41.3 Å². The van der Waals surface area contributed by atoms with Crippen molar-refractivity contribution in [3.8, 4) is 0 Å². The van der Waals surface area contributed by atoms with Gasteiger partial charge >= 0.3 is 12.0 Å². The third-order valence-corrected chi connectivity index (χ3v) is 4.01. The average Bonchev–Trinajstić information content (AvgIpc) is 2.79. The molecule has 9 heteroatoms. The summed E-state index contributed by atoms with van der Waals surface area (Å²) in [6, 6.07) is 4.21. The van der Waals surface area contributed by atoms with Gasteiger partial charge in [-0.25, -0.2) is 23.1 Å². The lowest BCUT2D eigenvalue weighted by atomic mass is 10.1. The molecule has 8 nitrogen and oxygen atoms in total. The van der Waals surface area contributed by atoms with Crippen molar-refractivity contribution in [1.82, 2.24) is 5.32 Å². The molecule has 1 heterocycles. The van der Waals surface area contributed by atoms with Crippen LogP contribution in [0.25, 0.3) is 0 Å². The monoisotopic (exact) mass is 311 g/mol. The number of carbonyl (C=O) groups excluding carboxylic acids is 1. The molecule has 21 heavy (non-hydrogen) atoms. The Bertz CT molecular complexity index is 711. The maximum absolute atomic E-state index is 11.8. The number of benzene rings is 1. The first-order valence-electron chi connectivity index (χ1n) is 5.83. The Morgan fingerprint density at radius 2 is 1.95 bits per heavy atom. The molecule has 1 unspecified atom stereocenters. The van der Waals surface area contributed by atoms with E-state index < -0.39 is 28.1 Å². The molecular formula is C12H13N3O5S. The van der Waals surface area contributed by atoms with E-state index in [0.29, 0.717) is 5.69 Å². The number of rotatable bonds is 4. The molecule has 0 saturated carbocycles. The van der Waals surface area contributed by atoms with E-state index in [0.717, 1.165) is 0 Å². The fraction of sp³-hybridized carbons (Fsp3) is 0.167. The molecule has 1 saturated heterocycles. The fourth-order valence-corrected chi connectivity index (χ4v) is 2.44. The Morgan fingerprint density at radius 3 is 2.43 bits per heavy atom. The number of hydrogen-bond acceptors (Lipinski definition) is 4. The van der Waals surface area contributed by atoms with Gasteiger partial charge in [-0.3, -0.25) is 4.90 Å². The lowest BCUT2D eigenvalue weighted by molar-refractivity contribution is -0.132. The largest absolute Gasteiger partial charge is 0.478 e. The second-order valence-corrected chi connectivity index (χ2v) is 6.04. The summed E-state index contributed by atoms with van der Waals surface area (Å²) in [4.78, 5) is 23.9. The van der Waals surface area contributed by atoms with Crippen molar-refractivity contribution < 1.29 is 23.1 Å². The standard InChI is InChI=1S/C12H13N3O5S/c1-7(11(16)17)10-6-15(12(18)14-10)8-2-4-9(5-3-8)21(13,19)20/h2-5,10H,1,6H2,(H,14,18)(H,16,17)(H2,13,19,20). The number of aliphatic carboxylic acids is 1. The van der Waals surface area contributed by atoms with E-state index in [4.69, 9.17) is 10.2 Å². The van der Waals surface area contributed by atoms with Gasteiger partial charge in [0.15, 0.2) is 0 Å². The van der Waals surface area contributed by atoms with Crippen molar-refractivity contribution >= 4 is 27.7 Å². The van der Waals surface area contributed by atoms with Gasteiger partial charge in [0.2, 0.25) is 10.0 Å². The minimum absolute atomic E-state index is 0.0719. The van der Waals surface area contributed by atoms with Crippen molar-refractivity contribution in [3.05, 3.63) is 36.4 Å². The van der Waals surface area contributed by atoms with Crippen molar-refractivity contribution in [2.45, 2.75) is 10.9 Å². The van der Waals surface area contributed by atoms with E-state index in [9.17, 15) is 18.0 Å². The molecule has 0 bridgehead atoms.